The molecule has 31 heavy (non-hydrogen) atoms. The van der Waals surface area contributed by atoms with Gasteiger partial charge in [0.1, 0.15) is 5.75 Å². The predicted octanol–water partition coefficient (Wildman–Crippen LogP) is 3.22. The van der Waals surface area contributed by atoms with E-state index in [-0.39, 0.29) is 11.3 Å². The summed E-state index contributed by atoms with van der Waals surface area (Å²) in [5.74, 6) is 0.155. The number of rotatable bonds is 5. The quantitative estimate of drug-likeness (QED) is 0.554. The van der Waals surface area contributed by atoms with Crippen LogP contribution in [0.5, 0.6) is 5.75 Å². The largest absolute Gasteiger partial charge is 0.507 e. The fourth-order valence-electron chi connectivity index (χ4n) is 5.22. The number of aromatic nitrogens is 2. The highest BCUT2D eigenvalue weighted by Gasteiger charge is 2.22. The Balaban J connectivity index is 1.45. The second kappa shape index (κ2) is 8.17. The predicted molar refractivity (Wildman–Crippen MR) is 125 cm³/mol. The minimum Gasteiger partial charge on any atom is -0.507 e. The van der Waals surface area contributed by atoms with Gasteiger partial charge in [0.05, 0.1) is 11.3 Å². The Morgan fingerprint density at radius 1 is 1.13 bits per heavy atom. The third-order valence-corrected chi connectivity index (χ3v) is 7.14. The molecule has 0 unspecified atom stereocenters. The molecule has 0 saturated carbocycles. The summed E-state index contributed by atoms with van der Waals surface area (Å²) < 4.78 is 2.28. The van der Waals surface area contributed by atoms with Gasteiger partial charge < -0.3 is 24.9 Å². The molecule has 0 spiro atoms. The molecule has 6 nitrogen and oxygen atoms in total. The third-order valence-electron chi connectivity index (χ3n) is 7.14. The van der Waals surface area contributed by atoms with Crippen LogP contribution in [-0.2, 0) is 26.4 Å². The van der Waals surface area contributed by atoms with E-state index in [0.717, 1.165) is 55.7 Å². The van der Waals surface area contributed by atoms with Gasteiger partial charge in [0.2, 0.25) is 0 Å². The van der Waals surface area contributed by atoms with Gasteiger partial charge in [-0.25, -0.2) is 0 Å². The summed E-state index contributed by atoms with van der Waals surface area (Å²) in [6, 6.07) is 6.70. The zero-order chi connectivity index (χ0) is 21.5. The van der Waals surface area contributed by atoms with E-state index in [4.69, 9.17) is 0 Å². The van der Waals surface area contributed by atoms with E-state index in [1.165, 1.54) is 48.1 Å². The number of H-pyrrole nitrogens is 1. The number of hydrogen-bond donors (Lipinski definition) is 3. The molecule has 0 atom stereocenters. The lowest BCUT2D eigenvalue weighted by Gasteiger charge is -2.15. The van der Waals surface area contributed by atoms with Crippen molar-refractivity contribution < 1.29 is 5.11 Å². The summed E-state index contributed by atoms with van der Waals surface area (Å²) in [7, 11) is 2.13. The van der Waals surface area contributed by atoms with E-state index in [1.54, 1.807) is 6.92 Å². The molecule has 1 aliphatic heterocycles. The van der Waals surface area contributed by atoms with Crippen LogP contribution in [-0.4, -0.2) is 45.7 Å². The smallest absolute Gasteiger partial charge is 0.255 e. The summed E-state index contributed by atoms with van der Waals surface area (Å²) in [5, 5.41) is 15.4. The number of fused-ring (bicyclic) bond motifs is 4. The van der Waals surface area contributed by atoms with E-state index < -0.39 is 0 Å². The first kappa shape index (κ1) is 20.3. The maximum atomic E-state index is 12.4. The van der Waals surface area contributed by atoms with Crippen LogP contribution in [0.25, 0.3) is 22.2 Å². The maximum absolute atomic E-state index is 12.4. The molecule has 1 aromatic carbocycles. The van der Waals surface area contributed by atoms with Gasteiger partial charge in [0.25, 0.3) is 5.56 Å². The standard InChI is InChI=1S/C25H32N4O2/c1-16-24(30)20-7-5-6-17-14-22-18(13-21(17)23(20)27-25(16)31)12-19(28(22)2)15-26-8-11-29-9-3-4-10-29/h12-14,26H,3-11,15H2,1-2H3,(H2,27,30,31). The van der Waals surface area contributed by atoms with Crippen molar-refractivity contribution in [3.8, 4) is 17.0 Å². The fraction of sp³-hybridized carbons (Fsp3) is 0.480. The third kappa shape index (κ3) is 3.68. The molecular weight excluding hydrogens is 388 g/mol. The lowest BCUT2D eigenvalue weighted by Crippen LogP contribution is -2.30. The van der Waals surface area contributed by atoms with Crippen LogP contribution in [0.15, 0.2) is 23.0 Å². The Morgan fingerprint density at radius 3 is 2.74 bits per heavy atom. The van der Waals surface area contributed by atoms with Crippen LogP contribution in [0.3, 0.4) is 0 Å². The maximum Gasteiger partial charge on any atom is 0.255 e. The van der Waals surface area contributed by atoms with Crippen molar-refractivity contribution in [3.63, 3.8) is 0 Å². The average Bonchev–Trinajstić information content (AvgIpc) is 3.34. The van der Waals surface area contributed by atoms with Crippen LogP contribution in [0.1, 0.15) is 41.6 Å². The van der Waals surface area contributed by atoms with Crippen molar-refractivity contribution in [1.29, 1.82) is 0 Å². The first-order chi connectivity index (χ1) is 15.0. The molecule has 2 aliphatic rings. The van der Waals surface area contributed by atoms with Crippen molar-refractivity contribution in [1.82, 2.24) is 19.8 Å². The first-order valence-corrected chi connectivity index (χ1v) is 11.5. The summed E-state index contributed by atoms with van der Waals surface area (Å²) in [5.41, 5.74) is 6.62. The number of nitrogens with zero attached hydrogens (tertiary/aromatic N) is 2. The van der Waals surface area contributed by atoms with Gasteiger partial charge in [-0.3, -0.25) is 4.79 Å². The van der Waals surface area contributed by atoms with E-state index in [0.29, 0.717) is 5.56 Å². The monoisotopic (exact) mass is 420 g/mol. The second-order valence-electron chi connectivity index (χ2n) is 9.12. The van der Waals surface area contributed by atoms with Crippen LogP contribution < -0.4 is 10.9 Å². The van der Waals surface area contributed by atoms with Gasteiger partial charge in [0.15, 0.2) is 0 Å². The van der Waals surface area contributed by atoms with Crippen LogP contribution >= 0.6 is 0 Å². The number of nitrogens with one attached hydrogen (secondary N) is 2. The number of pyridine rings is 1. The molecule has 0 bridgehead atoms. The number of likely N-dealkylation sites (tertiary alicyclic amines) is 1. The minimum atomic E-state index is -0.208. The molecular formula is C25H32N4O2. The highest BCUT2D eigenvalue weighted by Crippen LogP contribution is 2.38. The fourth-order valence-corrected chi connectivity index (χ4v) is 5.22. The zero-order valence-corrected chi connectivity index (χ0v) is 18.6. The second-order valence-corrected chi connectivity index (χ2v) is 9.12. The molecule has 2 aromatic heterocycles. The SMILES string of the molecule is Cc1c(O)c2c([nH]c1=O)-c1cc3cc(CNCCN4CCCC4)n(C)c3cc1CCC2. The molecule has 3 heterocycles. The molecule has 5 rings (SSSR count). The number of benzene rings is 1. The molecule has 1 aliphatic carbocycles. The van der Waals surface area contributed by atoms with Gasteiger partial charge in [-0.2, -0.15) is 0 Å². The molecule has 1 fully saturated rings. The number of aromatic amines is 1. The Bertz CT molecular complexity index is 1180. The van der Waals surface area contributed by atoms with E-state index >= 15 is 0 Å². The summed E-state index contributed by atoms with van der Waals surface area (Å²) >= 11 is 0. The topological polar surface area (TPSA) is 73.3 Å². The zero-order valence-electron chi connectivity index (χ0n) is 18.6. The molecule has 3 N–H and O–H groups in total. The lowest BCUT2D eigenvalue weighted by molar-refractivity contribution is 0.335. The lowest BCUT2D eigenvalue weighted by atomic mass is 9.98. The summed E-state index contributed by atoms with van der Waals surface area (Å²) in [6.45, 7) is 7.12. The Kier molecular flexibility index (Phi) is 5.36. The van der Waals surface area contributed by atoms with Crippen molar-refractivity contribution in [2.75, 3.05) is 26.2 Å². The first-order valence-electron chi connectivity index (χ1n) is 11.5. The normalized spacial score (nSPS) is 16.5. The van der Waals surface area contributed by atoms with Gasteiger partial charge in [0, 0.05) is 54.4 Å². The minimum absolute atomic E-state index is 0.155. The van der Waals surface area contributed by atoms with Crippen molar-refractivity contribution in [3.05, 3.63) is 50.9 Å². The highest BCUT2D eigenvalue weighted by molar-refractivity contribution is 5.89. The molecule has 3 aromatic rings. The van der Waals surface area contributed by atoms with Gasteiger partial charge in [-0.15, -0.1) is 0 Å². The summed E-state index contributed by atoms with van der Waals surface area (Å²) in [4.78, 5) is 17.9. The highest BCUT2D eigenvalue weighted by atomic mass is 16.3. The molecule has 1 saturated heterocycles. The van der Waals surface area contributed by atoms with Crippen molar-refractivity contribution >= 4 is 10.9 Å². The van der Waals surface area contributed by atoms with Gasteiger partial charge in [-0.05, 0) is 75.9 Å². The van der Waals surface area contributed by atoms with Crippen molar-refractivity contribution in [2.45, 2.75) is 45.6 Å². The number of aryl methyl sites for hydroxylation is 2. The van der Waals surface area contributed by atoms with Gasteiger partial charge >= 0.3 is 0 Å². The Morgan fingerprint density at radius 2 is 1.94 bits per heavy atom. The van der Waals surface area contributed by atoms with E-state index in [1.807, 2.05) is 0 Å². The summed E-state index contributed by atoms with van der Waals surface area (Å²) in [6.07, 6.45) is 5.34. The van der Waals surface area contributed by atoms with Crippen molar-refractivity contribution in [2.24, 2.45) is 7.05 Å². The molecule has 6 heteroatoms. The number of aromatic hydroxyl groups is 1. The Labute approximate surface area is 182 Å². The van der Waals surface area contributed by atoms with Crippen LogP contribution in [0.2, 0.25) is 0 Å². The number of hydrogen-bond acceptors (Lipinski definition) is 4. The molecule has 164 valence electrons. The van der Waals surface area contributed by atoms with E-state index in [9.17, 15) is 9.90 Å². The molecule has 0 amide bonds. The van der Waals surface area contributed by atoms with Gasteiger partial charge in [-0.1, -0.05) is 0 Å². The molecule has 0 radical (unpaired) electrons. The Hall–Kier alpha value is -2.57. The van der Waals surface area contributed by atoms with Crippen LogP contribution in [0, 0.1) is 6.92 Å². The van der Waals surface area contributed by atoms with E-state index in [2.05, 4.69) is 45.0 Å². The van der Waals surface area contributed by atoms with Crippen LogP contribution in [0.4, 0.5) is 0 Å². The average molecular weight is 421 g/mol.